The molecule has 2 aromatic heterocycles. The summed E-state index contributed by atoms with van der Waals surface area (Å²) in [4.78, 5) is 24.8. The maximum Gasteiger partial charge on any atom is 0.266 e. The highest BCUT2D eigenvalue weighted by Crippen LogP contribution is 2.41. The van der Waals surface area contributed by atoms with Crippen LogP contribution in [0.2, 0.25) is 0 Å². The van der Waals surface area contributed by atoms with E-state index in [9.17, 15) is 13.8 Å². The van der Waals surface area contributed by atoms with Gasteiger partial charge in [-0.15, -0.1) is 0 Å². The van der Waals surface area contributed by atoms with Gasteiger partial charge in [-0.3, -0.25) is 9.55 Å². The van der Waals surface area contributed by atoms with Gasteiger partial charge in [0.15, 0.2) is 5.82 Å². The molecule has 0 aliphatic carbocycles. The number of nitrogens with zero attached hydrogens (tertiary/aromatic N) is 5. The van der Waals surface area contributed by atoms with Gasteiger partial charge in [0.25, 0.3) is 7.52 Å². The van der Waals surface area contributed by atoms with Crippen molar-refractivity contribution in [3.8, 4) is 11.3 Å². The molecule has 152 valence electrons. The Hall–Kier alpha value is -2.61. The molecule has 0 bridgehead atoms. The Labute approximate surface area is 167 Å². The second-order valence-corrected chi connectivity index (χ2v) is 9.21. The van der Waals surface area contributed by atoms with E-state index in [1.807, 2.05) is 11.0 Å². The first kappa shape index (κ1) is 19.7. The minimum atomic E-state index is -3.26. The van der Waals surface area contributed by atoms with Crippen LogP contribution in [-0.2, 0) is 4.57 Å². The van der Waals surface area contributed by atoms with Crippen molar-refractivity contribution in [3.05, 3.63) is 42.5 Å². The number of nitrogens with one attached hydrogen (secondary N) is 1. The summed E-state index contributed by atoms with van der Waals surface area (Å²) in [6.07, 6.45) is 3.21. The molecular weight excluding hydrogens is 394 g/mol. The van der Waals surface area contributed by atoms with Crippen LogP contribution >= 0.6 is 7.52 Å². The van der Waals surface area contributed by atoms with Crippen LogP contribution in [0.15, 0.2) is 36.7 Å². The smallest absolute Gasteiger partial charge is 0.266 e. The number of anilines is 2. The number of piperazine rings is 1. The number of rotatable bonds is 4. The quantitative estimate of drug-likeness (QED) is 0.627. The lowest BCUT2D eigenvalue weighted by atomic mass is 10.1. The molecule has 1 atom stereocenters. The van der Waals surface area contributed by atoms with Gasteiger partial charge in [-0.05, 0) is 18.2 Å². The maximum atomic E-state index is 14.9. The first-order chi connectivity index (χ1) is 13.9. The summed E-state index contributed by atoms with van der Waals surface area (Å²) < 4.78 is 28.3. The van der Waals surface area contributed by atoms with Crippen molar-refractivity contribution in [2.75, 3.05) is 50.1 Å². The van der Waals surface area contributed by atoms with E-state index >= 15 is 0 Å². The number of aromatic nitrogens is 3. The van der Waals surface area contributed by atoms with Gasteiger partial charge in [-0.25, -0.2) is 19.0 Å². The summed E-state index contributed by atoms with van der Waals surface area (Å²) in [5, 5.41) is 3.01. The lowest BCUT2D eigenvalue weighted by Gasteiger charge is -2.37. The summed E-state index contributed by atoms with van der Waals surface area (Å²) in [7, 11) is -1.50. The van der Waals surface area contributed by atoms with Gasteiger partial charge in [0.1, 0.15) is 11.3 Å². The fraction of sp³-hybridized carbons (Fsp3) is 0.316. The molecule has 1 aliphatic rings. The van der Waals surface area contributed by atoms with Crippen LogP contribution in [0.5, 0.6) is 0 Å². The highest BCUT2D eigenvalue weighted by Gasteiger charge is 2.27. The number of benzene rings is 1. The third kappa shape index (κ3) is 3.94. The standard InChI is InChI=1S/C19H22FN6O2P/c1-21-19-18-16(22-5-6-23-18)12-15(24-19)13-3-4-17(14(20)11-13)25-7-9-26(10-8-25)29(2,27)28/h3-6,11-12H,7-10H2,1-2H3,(H,21,24)(H,27,28). The number of pyridine rings is 1. The molecule has 1 saturated heterocycles. The molecule has 0 amide bonds. The van der Waals surface area contributed by atoms with E-state index in [-0.39, 0.29) is 5.82 Å². The maximum absolute atomic E-state index is 14.9. The van der Waals surface area contributed by atoms with Gasteiger partial charge in [-0.2, -0.15) is 0 Å². The first-order valence-electron chi connectivity index (χ1n) is 9.27. The normalized spacial score (nSPS) is 17.3. The van der Waals surface area contributed by atoms with Crippen LogP contribution in [0.3, 0.4) is 0 Å². The third-order valence-corrected chi connectivity index (χ3v) is 6.51. The first-order valence-corrected chi connectivity index (χ1v) is 11.3. The number of fused-ring (bicyclic) bond motifs is 1. The molecular formula is C19H22FN6O2P. The molecule has 4 rings (SSSR count). The molecule has 8 nitrogen and oxygen atoms in total. The second-order valence-electron chi connectivity index (χ2n) is 6.97. The van der Waals surface area contributed by atoms with Crippen molar-refractivity contribution in [2.45, 2.75) is 0 Å². The molecule has 0 radical (unpaired) electrons. The van der Waals surface area contributed by atoms with E-state index in [4.69, 9.17) is 0 Å². The van der Waals surface area contributed by atoms with Crippen molar-refractivity contribution in [1.29, 1.82) is 0 Å². The Morgan fingerprint density at radius 1 is 1.14 bits per heavy atom. The van der Waals surface area contributed by atoms with E-state index in [0.29, 0.717) is 60.0 Å². The summed E-state index contributed by atoms with van der Waals surface area (Å²) in [6, 6.07) is 6.80. The minimum absolute atomic E-state index is 0.355. The minimum Gasteiger partial charge on any atom is -0.371 e. The summed E-state index contributed by atoms with van der Waals surface area (Å²) >= 11 is 0. The Morgan fingerprint density at radius 2 is 1.86 bits per heavy atom. The van der Waals surface area contributed by atoms with Gasteiger partial charge in [0.2, 0.25) is 0 Å². The van der Waals surface area contributed by atoms with Crippen LogP contribution in [-0.4, -0.2) is 64.4 Å². The average molecular weight is 416 g/mol. The molecule has 1 aromatic carbocycles. The van der Waals surface area contributed by atoms with Crippen molar-refractivity contribution in [3.63, 3.8) is 0 Å². The fourth-order valence-electron chi connectivity index (χ4n) is 3.52. The largest absolute Gasteiger partial charge is 0.371 e. The molecule has 29 heavy (non-hydrogen) atoms. The lowest BCUT2D eigenvalue weighted by Crippen LogP contribution is -2.45. The van der Waals surface area contributed by atoms with Gasteiger partial charge in [-0.1, -0.05) is 6.07 Å². The molecule has 3 heterocycles. The summed E-state index contributed by atoms with van der Waals surface area (Å²) in [6.45, 7) is 3.15. The zero-order valence-electron chi connectivity index (χ0n) is 16.2. The average Bonchev–Trinajstić information content (AvgIpc) is 2.72. The zero-order chi connectivity index (χ0) is 20.6. The van der Waals surface area contributed by atoms with Crippen molar-refractivity contribution in [2.24, 2.45) is 0 Å². The lowest BCUT2D eigenvalue weighted by molar-refractivity contribution is 0.333. The van der Waals surface area contributed by atoms with E-state index in [2.05, 4.69) is 20.3 Å². The van der Waals surface area contributed by atoms with Crippen LogP contribution in [0.25, 0.3) is 22.3 Å². The van der Waals surface area contributed by atoms with Crippen molar-refractivity contribution in [1.82, 2.24) is 19.6 Å². The van der Waals surface area contributed by atoms with Gasteiger partial charge in [0.05, 0.1) is 16.9 Å². The number of halogens is 1. The Kier molecular flexibility index (Phi) is 5.21. The Balaban J connectivity index is 1.61. The van der Waals surface area contributed by atoms with Crippen LogP contribution in [0, 0.1) is 5.82 Å². The van der Waals surface area contributed by atoms with Crippen LogP contribution in [0.4, 0.5) is 15.9 Å². The molecule has 3 aromatic rings. The number of hydrogen-bond donors (Lipinski definition) is 2. The molecule has 1 aliphatic heterocycles. The van der Waals surface area contributed by atoms with Gasteiger partial charge >= 0.3 is 0 Å². The molecule has 10 heteroatoms. The predicted octanol–water partition coefficient (Wildman–Crippen LogP) is 2.81. The van der Waals surface area contributed by atoms with E-state index in [1.54, 1.807) is 36.2 Å². The van der Waals surface area contributed by atoms with Gasteiger partial charge in [0, 0.05) is 57.8 Å². The van der Waals surface area contributed by atoms with Gasteiger partial charge < -0.3 is 15.1 Å². The molecule has 0 spiro atoms. The fourth-order valence-corrected chi connectivity index (χ4v) is 4.45. The molecule has 2 N–H and O–H groups in total. The van der Waals surface area contributed by atoms with Crippen LogP contribution < -0.4 is 10.2 Å². The van der Waals surface area contributed by atoms with E-state index in [1.165, 1.54) is 12.7 Å². The van der Waals surface area contributed by atoms with Crippen molar-refractivity contribution >= 4 is 30.1 Å². The summed E-state index contributed by atoms with van der Waals surface area (Å²) in [5.41, 5.74) is 3.06. The molecule has 0 saturated carbocycles. The SMILES string of the molecule is CNc1nc(-c2ccc(N3CCN(P(C)(=O)O)CC3)c(F)c2)cc2nccnc12. The van der Waals surface area contributed by atoms with Crippen molar-refractivity contribution < 1.29 is 13.8 Å². The second kappa shape index (κ2) is 7.67. The molecule has 1 unspecified atom stereocenters. The highest BCUT2D eigenvalue weighted by molar-refractivity contribution is 7.54. The van der Waals surface area contributed by atoms with E-state index in [0.717, 1.165) is 0 Å². The Bertz CT molecular complexity index is 1100. The zero-order valence-corrected chi connectivity index (χ0v) is 17.1. The highest BCUT2D eigenvalue weighted by atomic mass is 31.2. The monoisotopic (exact) mass is 416 g/mol. The van der Waals surface area contributed by atoms with E-state index < -0.39 is 7.52 Å². The summed E-state index contributed by atoms with van der Waals surface area (Å²) in [5.74, 6) is 0.228. The predicted molar refractivity (Wildman–Crippen MR) is 112 cm³/mol. The number of hydrogen-bond acceptors (Lipinski definition) is 6. The third-order valence-electron chi connectivity index (χ3n) is 5.06. The van der Waals surface area contributed by atoms with Crippen LogP contribution in [0.1, 0.15) is 0 Å². The Morgan fingerprint density at radius 3 is 2.52 bits per heavy atom. The topological polar surface area (TPSA) is 94.5 Å². The molecule has 1 fully saturated rings.